The maximum atomic E-state index is 13.7. The quantitative estimate of drug-likeness (QED) is 0.662. The highest BCUT2D eigenvalue weighted by molar-refractivity contribution is 9.10. The van der Waals surface area contributed by atoms with Gasteiger partial charge in [-0.2, -0.15) is 0 Å². The minimum atomic E-state index is -0.940. The Bertz CT molecular complexity index is 848. The van der Waals surface area contributed by atoms with Crippen LogP contribution in [0.1, 0.15) is 4.88 Å². The largest absolute Gasteiger partial charge is 0.372 e. The molecule has 0 spiro atoms. The highest BCUT2D eigenvalue weighted by Gasteiger charge is 2.17. The van der Waals surface area contributed by atoms with E-state index in [2.05, 4.69) is 31.2 Å². The number of nitrogens with one attached hydrogen (secondary N) is 1. The molecule has 0 aliphatic rings. The summed E-state index contributed by atoms with van der Waals surface area (Å²) in [4.78, 5) is 10.8. The van der Waals surface area contributed by atoms with Crippen molar-refractivity contribution in [2.45, 2.75) is 6.92 Å². The second-order valence-electron chi connectivity index (χ2n) is 4.44. The van der Waals surface area contributed by atoms with E-state index in [4.69, 9.17) is 0 Å². The van der Waals surface area contributed by atoms with E-state index >= 15 is 0 Å². The van der Waals surface area contributed by atoms with Crippen molar-refractivity contribution in [1.82, 2.24) is 9.97 Å². The molecule has 0 aliphatic carbocycles. The first-order valence-corrected chi connectivity index (χ1v) is 7.72. The van der Waals surface area contributed by atoms with Gasteiger partial charge >= 0.3 is 0 Å². The number of hydrogen-bond acceptors (Lipinski definition) is 4. The molecule has 0 fully saturated rings. The SMILES string of the molecule is CNc1nc(-c2ccc(F)c(F)c2Br)nc2sc(C)cc12. The molecule has 21 heavy (non-hydrogen) atoms. The van der Waals surface area contributed by atoms with Crippen molar-refractivity contribution in [3.63, 3.8) is 0 Å². The maximum absolute atomic E-state index is 13.7. The average molecular weight is 370 g/mol. The second-order valence-corrected chi connectivity index (χ2v) is 6.47. The van der Waals surface area contributed by atoms with E-state index in [9.17, 15) is 8.78 Å². The molecule has 0 radical (unpaired) electrons. The zero-order chi connectivity index (χ0) is 15.1. The third kappa shape index (κ3) is 2.40. The number of halogens is 3. The molecule has 0 saturated heterocycles. The van der Waals surface area contributed by atoms with E-state index in [1.807, 2.05) is 13.0 Å². The summed E-state index contributed by atoms with van der Waals surface area (Å²) in [6, 6.07) is 4.53. The normalized spacial score (nSPS) is 11.1. The molecule has 3 aromatic rings. The Labute approximate surface area is 132 Å². The summed E-state index contributed by atoms with van der Waals surface area (Å²) in [5, 5.41) is 3.93. The molecule has 1 N–H and O–H groups in total. The lowest BCUT2D eigenvalue weighted by Gasteiger charge is -2.08. The number of thiophene rings is 1. The van der Waals surface area contributed by atoms with Gasteiger partial charge in [-0.05, 0) is 41.1 Å². The molecular weight excluding hydrogens is 360 g/mol. The van der Waals surface area contributed by atoms with Crippen LogP contribution in [0.2, 0.25) is 0 Å². The number of benzene rings is 1. The molecule has 2 heterocycles. The molecule has 108 valence electrons. The minimum absolute atomic E-state index is 0.0252. The first-order chi connectivity index (χ1) is 10.0. The molecule has 0 atom stereocenters. The number of aryl methyl sites for hydroxylation is 1. The van der Waals surface area contributed by atoms with E-state index in [0.29, 0.717) is 17.2 Å². The fraction of sp³-hybridized carbons (Fsp3) is 0.143. The second kappa shape index (κ2) is 5.31. The molecule has 0 amide bonds. The zero-order valence-corrected chi connectivity index (χ0v) is 13.6. The fourth-order valence-corrected chi connectivity index (χ4v) is 3.43. The standard InChI is InChI=1S/C14H10BrF2N3S/c1-6-5-8-12(18-2)19-13(20-14(8)21-6)7-3-4-9(16)11(17)10(7)15/h3-5H,1-2H3,(H,18,19,20). The number of rotatable bonds is 2. The third-order valence-electron chi connectivity index (χ3n) is 3.03. The van der Waals surface area contributed by atoms with Crippen LogP contribution in [0.25, 0.3) is 21.6 Å². The van der Waals surface area contributed by atoms with Crippen LogP contribution in [0.3, 0.4) is 0 Å². The Morgan fingerprint density at radius 2 is 2.00 bits per heavy atom. The van der Waals surface area contributed by atoms with Crippen LogP contribution < -0.4 is 5.32 Å². The van der Waals surface area contributed by atoms with Crippen LogP contribution in [0.15, 0.2) is 22.7 Å². The number of hydrogen-bond donors (Lipinski definition) is 1. The maximum Gasteiger partial charge on any atom is 0.173 e. The third-order valence-corrected chi connectivity index (χ3v) is 4.75. The van der Waals surface area contributed by atoms with E-state index in [-0.39, 0.29) is 4.47 Å². The van der Waals surface area contributed by atoms with Gasteiger partial charge in [0.15, 0.2) is 17.5 Å². The molecule has 0 aliphatic heterocycles. The van der Waals surface area contributed by atoms with Gasteiger partial charge in [0.2, 0.25) is 0 Å². The molecule has 0 unspecified atom stereocenters. The summed E-state index contributed by atoms with van der Waals surface area (Å²) in [7, 11) is 1.76. The summed E-state index contributed by atoms with van der Waals surface area (Å²) in [5.41, 5.74) is 0.415. The number of fused-ring (bicyclic) bond motifs is 1. The average Bonchev–Trinajstić information content (AvgIpc) is 2.84. The Morgan fingerprint density at radius 1 is 1.24 bits per heavy atom. The van der Waals surface area contributed by atoms with Gasteiger partial charge < -0.3 is 5.32 Å². The molecule has 0 saturated carbocycles. The van der Waals surface area contributed by atoms with Crippen molar-refractivity contribution < 1.29 is 8.78 Å². The van der Waals surface area contributed by atoms with Crippen LogP contribution in [-0.2, 0) is 0 Å². The van der Waals surface area contributed by atoms with Crippen molar-refractivity contribution in [1.29, 1.82) is 0 Å². The predicted molar refractivity (Wildman–Crippen MR) is 84.8 cm³/mol. The molecule has 2 aromatic heterocycles. The Kier molecular flexibility index (Phi) is 3.62. The van der Waals surface area contributed by atoms with Crippen molar-refractivity contribution in [2.75, 3.05) is 12.4 Å². The lowest BCUT2D eigenvalue weighted by Crippen LogP contribution is -1.99. The van der Waals surface area contributed by atoms with Gasteiger partial charge in [0, 0.05) is 17.5 Å². The van der Waals surface area contributed by atoms with Gasteiger partial charge in [-0.3, -0.25) is 0 Å². The first-order valence-electron chi connectivity index (χ1n) is 6.11. The smallest absolute Gasteiger partial charge is 0.173 e. The van der Waals surface area contributed by atoms with Gasteiger partial charge in [-0.15, -0.1) is 11.3 Å². The van der Waals surface area contributed by atoms with Gasteiger partial charge in [0.25, 0.3) is 0 Å². The Balaban J connectivity index is 2.28. The van der Waals surface area contributed by atoms with Crippen molar-refractivity contribution >= 4 is 43.3 Å². The summed E-state index contributed by atoms with van der Waals surface area (Å²) < 4.78 is 26.9. The molecule has 3 rings (SSSR count). The van der Waals surface area contributed by atoms with Crippen LogP contribution in [-0.4, -0.2) is 17.0 Å². The topological polar surface area (TPSA) is 37.8 Å². The zero-order valence-electron chi connectivity index (χ0n) is 11.2. The van der Waals surface area contributed by atoms with Crippen LogP contribution in [0, 0.1) is 18.6 Å². The molecular formula is C14H10BrF2N3S. The first kappa shape index (κ1) is 14.3. The predicted octanol–water partition coefficient (Wildman–Crippen LogP) is 4.75. The molecule has 3 nitrogen and oxygen atoms in total. The number of anilines is 1. The fourth-order valence-electron chi connectivity index (χ4n) is 2.05. The van der Waals surface area contributed by atoms with Crippen LogP contribution in [0.4, 0.5) is 14.6 Å². The lowest BCUT2D eigenvalue weighted by molar-refractivity contribution is 0.504. The lowest BCUT2D eigenvalue weighted by atomic mass is 10.2. The Morgan fingerprint density at radius 3 is 2.71 bits per heavy atom. The van der Waals surface area contributed by atoms with Gasteiger partial charge in [-0.25, -0.2) is 18.7 Å². The minimum Gasteiger partial charge on any atom is -0.372 e. The van der Waals surface area contributed by atoms with Crippen molar-refractivity contribution in [2.24, 2.45) is 0 Å². The van der Waals surface area contributed by atoms with Gasteiger partial charge in [0.05, 0.1) is 9.86 Å². The molecule has 7 heteroatoms. The van der Waals surface area contributed by atoms with Gasteiger partial charge in [0.1, 0.15) is 10.6 Å². The molecule has 0 bridgehead atoms. The van der Waals surface area contributed by atoms with Gasteiger partial charge in [-0.1, -0.05) is 0 Å². The van der Waals surface area contributed by atoms with Crippen molar-refractivity contribution in [3.05, 3.63) is 39.2 Å². The monoisotopic (exact) mass is 369 g/mol. The van der Waals surface area contributed by atoms with Crippen molar-refractivity contribution in [3.8, 4) is 11.4 Å². The summed E-state index contributed by atoms with van der Waals surface area (Å²) in [6.07, 6.45) is 0. The molecule has 1 aromatic carbocycles. The summed E-state index contributed by atoms with van der Waals surface area (Å²) >= 11 is 4.60. The van der Waals surface area contributed by atoms with E-state index < -0.39 is 11.6 Å². The van der Waals surface area contributed by atoms with Crippen LogP contribution >= 0.6 is 27.3 Å². The van der Waals surface area contributed by atoms with E-state index in [1.54, 1.807) is 7.05 Å². The highest BCUT2D eigenvalue weighted by Crippen LogP contribution is 2.34. The van der Waals surface area contributed by atoms with Crippen LogP contribution in [0.5, 0.6) is 0 Å². The summed E-state index contributed by atoms with van der Waals surface area (Å²) in [5.74, 6) is -0.840. The summed E-state index contributed by atoms with van der Waals surface area (Å²) in [6.45, 7) is 1.99. The number of aromatic nitrogens is 2. The number of nitrogens with zero attached hydrogens (tertiary/aromatic N) is 2. The highest BCUT2D eigenvalue weighted by atomic mass is 79.9. The van der Waals surface area contributed by atoms with E-state index in [1.165, 1.54) is 17.4 Å². The van der Waals surface area contributed by atoms with E-state index in [0.717, 1.165) is 21.2 Å². The Hall–Kier alpha value is -1.60.